The van der Waals surface area contributed by atoms with Crippen LogP contribution in [0.2, 0.25) is 0 Å². The molecular formula is C15H20FN5O2S. The first kappa shape index (κ1) is 16.8. The molecule has 0 unspecified atom stereocenters. The van der Waals surface area contributed by atoms with Gasteiger partial charge in [0.2, 0.25) is 5.89 Å². The summed E-state index contributed by atoms with van der Waals surface area (Å²) in [5, 5.41) is 11.1. The number of nitrogens with one attached hydrogen (secondary N) is 2. The molecule has 2 atom stereocenters. The van der Waals surface area contributed by atoms with Crippen LogP contribution >= 0.6 is 11.3 Å². The number of amides is 2. The number of rotatable bonds is 6. The number of urea groups is 1. The molecule has 0 bridgehead atoms. The highest BCUT2D eigenvalue weighted by Gasteiger charge is 2.32. The molecule has 2 aromatic heterocycles. The van der Waals surface area contributed by atoms with E-state index in [4.69, 9.17) is 4.52 Å². The number of thiophene rings is 1. The van der Waals surface area contributed by atoms with E-state index in [0.717, 1.165) is 0 Å². The molecule has 130 valence electrons. The van der Waals surface area contributed by atoms with Crippen molar-refractivity contribution in [1.29, 1.82) is 0 Å². The third-order valence-electron chi connectivity index (χ3n) is 3.88. The summed E-state index contributed by atoms with van der Waals surface area (Å²) in [4.78, 5) is 19.2. The molecule has 1 saturated heterocycles. The molecule has 2 aromatic rings. The van der Waals surface area contributed by atoms with Crippen LogP contribution in [-0.4, -0.2) is 46.4 Å². The topological polar surface area (TPSA) is 83.3 Å². The fraction of sp³-hybridized carbons (Fsp3) is 0.533. The largest absolute Gasteiger partial charge is 0.337 e. The fourth-order valence-corrected chi connectivity index (χ4v) is 3.50. The van der Waals surface area contributed by atoms with E-state index >= 15 is 0 Å². The van der Waals surface area contributed by atoms with Gasteiger partial charge in [-0.25, -0.2) is 9.18 Å². The Balaban J connectivity index is 1.44. The minimum Gasteiger partial charge on any atom is -0.337 e. The van der Waals surface area contributed by atoms with E-state index in [1.54, 1.807) is 18.3 Å². The van der Waals surface area contributed by atoms with Crippen LogP contribution in [0.4, 0.5) is 9.18 Å². The van der Waals surface area contributed by atoms with Gasteiger partial charge in [-0.15, -0.1) is 11.3 Å². The van der Waals surface area contributed by atoms with Crippen molar-refractivity contribution in [3.05, 3.63) is 34.1 Å². The zero-order valence-electron chi connectivity index (χ0n) is 13.4. The first-order valence-corrected chi connectivity index (χ1v) is 8.69. The molecule has 0 aliphatic carbocycles. The molecule has 24 heavy (non-hydrogen) atoms. The predicted octanol–water partition coefficient (Wildman–Crippen LogP) is 1.85. The predicted molar refractivity (Wildman–Crippen MR) is 87.3 cm³/mol. The summed E-state index contributed by atoms with van der Waals surface area (Å²) in [5.74, 6) is 0.878. The summed E-state index contributed by atoms with van der Waals surface area (Å²) in [6.45, 7) is 3.41. The minimum atomic E-state index is -0.846. The molecule has 0 spiro atoms. The summed E-state index contributed by atoms with van der Waals surface area (Å²) in [5.41, 5.74) is 0. The smallest absolute Gasteiger partial charge is 0.315 e. The molecule has 3 heterocycles. The Morgan fingerprint density at radius 2 is 2.42 bits per heavy atom. The molecule has 1 fully saturated rings. The Hall–Kier alpha value is -2.00. The van der Waals surface area contributed by atoms with Crippen molar-refractivity contribution in [2.75, 3.05) is 13.1 Å². The number of aromatic nitrogens is 2. The van der Waals surface area contributed by atoms with E-state index in [1.165, 1.54) is 4.88 Å². The quantitative estimate of drug-likeness (QED) is 0.828. The average molecular weight is 353 g/mol. The van der Waals surface area contributed by atoms with E-state index in [9.17, 15) is 9.18 Å². The summed E-state index contributed by atoms with van der Waals surface area (Å²) in [6.07, 6.45) is -0.407. The summed E-state index contributed by atoms with van der Waals surface area (Å²) >= 11 is 1.66. The lowest BCUT2D eigenvalue weighted by Gasteiger charge is -2.23. The molecular weight excluding hydrogens is 333 g/mol. The fourth-order valence-electron chi connectivity index (χ4n) is 2.77. The Kier molecular flexibility index (Phi) is 5.41. The lowest BCUT2D eigenvalue weighted by atomic mass is 10.2. The van der Waals surface area contributed by atoms with Crippen molar-refractivity contribution in [2.45, 2.75) is 38.6 Å². The average Bonchev–Trinajstić information content (AvgIpc) is 3.26. The van der Waals surface area contributed by atoms with E-state index < -0.39 is 6.17 Å². The molecule has 2 amide bonds. The summed E-state index contributed by atoms with van der Waals surface area (Å²) in [6, 6.07) is 3.70. The standard InChI is InChI=1S/C15H20FN5O2S/c1-10-19-14(23-20-10)7-18-15(22)17-6-12-5-11(16)8-21(12)9-13-3-2-4-24-13/h2-4,11-12H,5-9H2,1H3,(H2,17,18,22)/t11-,12-/m0/s1. The number of likely N-dealkylation sites (tertiary alicyclic amines) is 1. The van der Waals surface area contributed by atoms with E-state index in [0.29, 0.717) is 37.8 Å². The SMILES string of the molecule is Cc1noc(CNC(=O)NC[C@@H]2C[C@H](F)CN2Cc2cccs2)n1. The van der Waals surface area contributed by atoms with Gasteiger partial charge in [0.15, 0.2) is 5.82 Å². The summed E-state index contributed by atoms with van der Waals surface area (Å²) < 4.78 is 18.7. The third kappa shape index (κ3) is 4.51. The maximum Gasteiger partial charge on any atom is 0.315 e. The molecule has 2 N–H and O–H groups in total. The number of carbonyl (C=O) groups is 1. The highest BCUT2D eigenvalue weighted by Crippen LogP contribution is 2.23. The van der Waals surface area contributed by atoms with Gasteiger partial charge in [0.1, 0.15) is 6.17 Å². The molecule has 0 radical (unpaired) electrons. The number of alkyl halides is 1. The van der Waals surface area contributed by atoms with E-state index in [1.807, 2.05) is 17.5 Å². The van der Waals surface area contributed by atoms with Gasteiger partial charge in [-0.2, -0.15) is 4.98 Å². The normalized spacial score (nSPS) is 21.1. The Labute approximate surface area is 143 Å². The lowest BCUT2D eigenvalue weighted by molar-refractivity contribution is 0.219. The number of aryl methyl sites for hydroxylation is 1. The van der Waals surface area contributed by atoms with Crippen molar-refractivity contribution in [3.63, 3.8) is 0 Å². The second kappa shape index (κ2) is 7.71. The number of hydrogen-bond donors (Lipinski definition) is 2. The van der Waals surface area contributed by atoms with Crippen LogP contribution in [0.3, 0.4) is 0 Å². The number of carbonyl (C=O) groups excluding carboxylic acids is 1. The zero-order valence-corrected chi connectivity index (χ0v) is 14.2. The van der Waals surface area contributed by atoms with Crippen LogP contribution in [0.1, 0.15) is 23.0 Å². The van der Waals surface area contributed by atoms with Gasteiger partial charge >= 0.3 is 6.03 Å². The van der Waals surface area contributed by atoms with Gasteiger partial charge in [0.25, 0.3) is 0 Å². The van der Waals surface area contributed by atoms with Gasteiger partial charge in [0.05, 0.1) is 6.54 Å². The third-order valence-corrected chi connectivity index (χ3v) is 4.75. The van der Waals surface area contributed by atoms with Gasteiger partial charge in [-0.05, 0) is 24.8 Å². The molecule has 1 aliphatic rings. The molecule has 0 saturated carbocycles. The molecule has 0 aromatic carbocycles. The Morgan fingerprint density at radius 3 is 3.12 bits per heavy atom. The van der Waals surface area contributed by atoms with Crippen LogP contribution in [0.25, 0.3) is 0 Å². The van der Waals surface area contributed by atoms with E-state index in [2.05, 4.69) is 25.7 Å². The first-order valence-electron chi connectivity index (χ1n) is 7.81. The summed E-state index contributed by atoms with van der Waals surface area (Å²) in [7, 11) is 0. The second-order valence-electron chi connectivity index (χ2n) is 5.79. The van der Waals surface area contributed by atoms with Crippen molar-refractivity contribution in [2.24, 2.45) is 0 Å². The van der Waals surface area contributed by atoms with Crippen LogP contribution in [0, 0.1) is 6.92 Å². The highest BCUT2D eigenvalue weighted by molar-refractivity contribution is 7.09. The minimum absolute atomic E-state index is 0.00139. The molecule has 1 aliphatic heterocycles. The van der Waals surface area contributed by atoms with Gasteiger partial charge < -0.3 is 15.2 Å². The Morgan fingerprint density at radius 1 is 1.54 bits per heavy atom. The van der Waals surface area contributed by atoms with E-state index in [-0.39, 0.29) is 18.6 Å². The molecule has 3 rings (SSSR count). The van der Waals surface area contributed by atoms with Gasteiger partial charge in [0, 0.05) is 30.6 Å². The molecule has 7 nitrogen and oxygen atoms in total. The number of halogens is 1. The Bertz CT molecular complexity index is 663. The van der Waals surface area contributed by atoms with Crippen LogP contribution in [0.5, 0.6) is 0 Å². The highest BCUT2D eigenvalue weighted by atomic mass is 32.1. The number of nitrogens with zero attached hydrogens (tertiary/aromatic N) is 3. The van der Waals surface area contributed by atoms with Crippen molar-refractivity contribution < 1.29 is 13.7 Å². The monoisotopic (exact) mass is 353 g/mol. The lowest BCUT2D eigenvalue weighted by Crippen LogP contribution is -2.43. The van der Waals surface area contributed by atoms with Crippen LogP contribution in [0.15, 0.2) is 22.0 Å². The van der Waals surface area contributed by atoms with Crippen LogP contribution < -0.4 is 10.6 Å². The number of hydrogen-bond acceptors (Lipinski definition) is 6. The van der Waals surface area contributed by atoms with Crippen molar-refractivity contribution in [1.82, 2.24) is 25.7 Å². The molecule has 9 heteroatoms. The zero-order chi connectivity index (χ0) is 16.9. The maximum absolute atomic E-state index is 13.8. The van der Waals surface area contributed by atoms with Crippen molar-refractivity contribution in [3.8, 4) is 0 Å². The van der Waals surface area contributed by atoms with Crippen LogP contribution in [-0.2, 0) is 13.1 Å². The first-order chi connectivity index (χ1) is 11.6. The van der Waals surface area contributed by atoms with Crippen molar-refractivity contribution >= 4 is 17.4 Å². The maximum atomic E-state index is 13.8. The van der Waals surface area contributed by atoms with Gasteiger partial charge in [-0.3, -0.25) is 4.90 Å². The second-order valence-corrected chi connectivity index (χ2v) is 6.83. The van der Waals surface area contributed by atoms with Gasteiger partial charge in [-0.1, -0.05) is 11.2 Å².